The Morgan fingerprint density at radius 1 is 0.519 bits per heavy atom. The van der Waals surface area contributed by atoms with Gasteiger partial charge in [0.2, 0.25) is 0 Å². The van der Waals surface area contributed by atoms with Crippen molar-refractivity contribution in [1.29, 1.82) is 0 Å². The topological polar surface area (TPSA) is 26.6 Å². The summed E-state index contributed by atoms with van der Waals surface area (Å²) in [4.78, 5) is 2.39. The molecule has 52 heavy (non-hydrogen) atoms. The Morgan fingerprint density at radius 3 is 1.90 bits per heavy atom. The van der Waals surface area contributed by atoms with Gasteiger partial charge in [0, 0.05) is 38.7 Å². The van der Waals surface area contributed by atoms with Gasteiger partial charge in [-0.15, -0.1) is 0 Å². The highest BCUT2D eigenvalue weighted by molar-refractivity contribution is 6.98. The molecule has 1 aromatic heterocycles. The van der Waals surface area contributed by atoms with Crippen LogP contribution in [-0.2, 0) is 0 Å². The maximum Gasteiger partial charge on any atom is 0.260 e. The molecular weight excluding hydrogens is 635 g/mol. The molecular formula is C47H31BN2O2. The summed E-state index contributed by atoms with van der Waals surface area (Å²) in [5, 5.41) is 4.58. The average Bonchev–Trinajstić information content (AvgIpc) is 3.53. The first-order valence-corrected chi connectivity index (χ1v) is 17.8. The lowest BCUT2D eigenvalue weighted by molar-refractivity contribution is 0.467. The first-order chi connectivity index (χ1) is 25.7. The third-order valence-electron chi connectivity index (χ3n) is 10.7. The number of para-hydroxylation sites is 4. The summed E-state index contributed by atoms with van der Waals surface area (Å²) in [6.07, 6.45) is 0. The summed E-state index contributed by atoms with van der Waals surface area (Å²) >= 11 is 0. The van der Waals surface area contributed by atoms with E-state index in [0.29, 0.717) is 0 Å². The molecule has 0 radical (unpaired) electrons. The van der Waals surface area contributed by atoms with Crippen molar-refractivity contribution in [3.8, 4) is 28.7 Å². The molecule has 0 atom stereocenters. The van der Waals surface area contributed by atoms with Gasteiger partial charge < -0.3 is 18.9 Å². The molecule has 2 aliphatic rings. The number of aryl methyl sites for hydroxylation is 1. The molecule has 0 N–H and O–H groups in total. The first-order valence-electron chi connectivity index (χ1n) is 17.8. The number of ether oxygens (including phenoxy) is 2. The van der Waals surface area contributed by atoms with Crippen molar-refractivity contribution in [2.45, 2.75) is 6.92 Å². The van der Waals surface area contributed by atoms with Gasteiger partial charge in [0.1, 0.15) is 17.2 Å². The van der Waals surface area contributed by atoms with Crippen molar-refractivity contribution < 1.29 is 9.47 Å². The second-order valence-corrected chi connectivity index (χ2v) is 13.7. The molecule has 0 amide bonds. The van der Waals surface area contributed by atoms with E-state index in [2.05, 4.69) is 186 Å². The number of nitrogens with zero attached hydrogens (tertiary/aromatic N) is 2. The molecule has 0 fully saturated rings. The van der Waals surface area contributed by atoms with Crippen LogP contribution in [-0.4, -0.2) is 11.3 Å². The van der Waals surface area contributed by atoms with Crippen LogP contribution in [0.15, 0.2) is 170 Å². The molecule has 2 aliphatic heterocycles. The minimum absolute atomic E-state index is 0.0197. The highest BCUT2D eigenvalue weighted by Crippen LogP contribution is 2.49. The van der Waals surface area contributed by atoms with Crippen LogP contribution in [0.25, 0.3) is 38.3 Å². The number of anilines is 3. The molecule has 3 heterocycles. The Bertz CT molecular complexity index is 2870. The summed E-state index contributed by atoms with van der Waals surface area (Å²) < 4.78 is 16.3. The highest BCUT2D eigenvalue weighted by Gasteiger charge is 2.42. The van der Waals surface area contributed by atoms with Crippen LogP contribution >= 0.6 is 0 Å². The molecule has 9 aromatic rings. The molecule has 0 spiro atoms. The van der Waals surface area contributed by atoms with Gasteiger partial charge in [0.15, 0.2) is 5.75 Å². The zero-order valence-electron chi connectivity index (χ0n) is 28.5. The molecule has 0 aliphatic carbocycles. The van der Waals surface area contributed by atoms with E-state index in [1.165, 1.54) is 10.9 Å². The Morgan fingerprint density at radius 2 is 1.15 bits per heavy atom. The van der Waals surface area contributed by atoms with Crippen LogP contribution in [0.3, 0.4) is 0 Å². The smallest absolute Gasteiger partial charge is 0.260 e. The number of aromatic nitrogens is 1. The highest BCUT2D eigenvalue weighted by atomic mass is 16.5. The van der Waals surface area contributed by atoms with Crippen LogP contribution in [0.1, 0.15) is 5.56 Å². The van der Waals surface area contributed by atoms with Crippen molar-refractivity contribution in [2.24, 2.45) is 0 Å². The maximum absolute atomic E-state index is 7.07. The minimum atomic E-state index is -0.0197. The summed E-state index contributed by atoms with van der Waals surface area (Å²) in [5.41, 5.74) is 11.1. The van der Waals surface area contributed by atoms with Gasteiger partial charge in [-0.3, -0.25) is 0 Å². The fraction of sp³-hybridized carbons (Fsp3) is 0.0213. The molecule has 5 heteroatoms. The minimum Gasteiger partial charge on any atom is -0.458 e. The van der Waals surface area contributed by atoms with Crippen molar-refractivity contribution in [1.82, 2.24) is 4.57 Å². The molecule has 4 nitrogen and oxygen atoms in total. The lowest BCUT2D eigenvalue weighted by atomic mass is 9.35. The summed E-state index contributed by atoms with van der Waals surface area (Å²) in [6.45, 7) is 2.13. The molecule has 0 unspecified atom stereocenters. The molecule has 11 rings (SSSR count). The van der Waals surface area contributed by atoms with E-state index in [0.717, 1.165) is 89.3 Å². The number of fused-ring (bicyclic) bond motifs is 10. The largest absolute Gasteiger partial charge is 0.458 e. The molecule has 0 saturated heterocycles. The van der Waals surface area contributed by atoms with Crippen LogP contribution in [0.4, 0.5) is 17.1 Å². The monoisotopic (exact) mass is 666 g/mol. The Balaban J connectivity index is 1.31. The van der Waals surface area contributed by atoms with Gasteiger partial charge in [0.25, 0.3) is 6.71 Å². The van der Waals surface area contributed by atoms with Gasteiger partial charge >= 0.3 is 0 Å². The van der Waals surface area contributed by atoms with Gasteiger partial charge in [-0.25, -0.2) is 0 Å². The quantitative estimate of drug-likeness (QED) is 0.175. The Kier molecular flexibility index (Phi) is 6.23. The summed E-state index contributed by atoms with van der Waals surface area (Å²) in [7, 11) is 0. The van der Waals surface area contributed by atoms with Gasteiger partial charge in [0.05, 0.1) is 16.7 Å². The summed E-state index contributed by atoms with van der Waals surface area (Å²) in [6, 6.07) is 60.4. The van der Waals surface area contributed by atoms with E-state index >= 15 is 0 Å². The van der Waals surface area contributed by atoms with E-state index in [1.807, 2.05) is 0 Å². The first kappa shape index (κ1) is 29.1. The van der Waals surface area contributed by atoms with Crippen molar-refractivity contribution in [2.75, 3.05) is 4.90 Å². The molecule has 8 aromatic carbocycles. The van der Waals surface area contributed by atoms with Gasteiger partial charge in [-0.2, -0.15) is 0 Å². The van der Waals surface area contributed by atoms with Crippen molar-refractivity contribution in [3.05, 3.63) is 175 Å². The van der Waals surface area contributed by atoms with Crippen LogP contribution in [0.5, 0.6) is 23.0 Å². The van der Waals surface area contributed by atoms with Crippen molar-refractivity contribution >= 4 is 72.7 Å². The average molecular weight is 667 g/mol. The van der Waals surface area contributed by atoms with Crippen LogP contribution in [0, 0.1) is 6.92 Å². The number of benzene rings is 8. The zero-order valence-corrected chi connectivity index (χ0v) is 28.5. The standard InChI is InChI=1S/C47H31BN2O2/c1-30-15-14-20-33(27-30)49(31-16-4-2-5-17-31)39-29-40-44(35-22-9-8-21-34(35)39)36-28-43-45-47(46(36)50(40)32-18-6-3-7-19-32)52-42-26-13-11-24-38(42)48(45)37-23-10-12-25-41(37)51-43/h2-29H,1H3. The second kappa shape index (κ2) is 11.1. The maximum atomic E-state index is 7.07. The number of hydrogen-bond donors (Lipinski definition) is 0. The fourth-order valence-electron chi connectivity index (χ4n) is 8.57. The van der Waals surface area contributed by atoms with Crippen molar-refractivity contribution in [3.63, 3.8) is 0 Å². The molecule has 0 saturated carbocycles. The predicted octanol–water partition coefficient (Wildman–Crippen LogP) is 10.4. The predicted molar refractivity (Wildman–Crippen MR) is 215 cm³/mol. The van der Waals surface area contributed by atoms with E-state index in [4.69, 9.17) is 9.47 Å². The molecule has 0 bridgehead atoms. The van der Waals surface area contributed by atoms with E-state index in [1.54, 1.807) is 0 Å². The van der Waals surface area contributed by atoms with Crippen LogP contribution in [0.2, 0.25) is 0 Å². The SMILES string of the molecule is Cc1cccc(N(c2ccccc2)c2cc3c(c4ccccc24)c2cc4c5c(c2n3-c2ccccc2)Oc2ccccc2B5c2ccccc2O4)c1. The Hall–Kier alpha value is -6.72. The Labute approximate surface area is 301 Å². The number of rotatable bonds is 4. The summed E-state index contributed by atoms with van der Waals surface area (Å²) in [5.74, 6) is 3.44. The third-order valence-corrected chi connectivity index (χ3v) is 10.7. The lowest BCUT2D eigenvalue weighted by Crippen LogP contribution is -2.57. The lowest BCUT2D eigenvalue weighted by Gasteiger charge is -2.33. The normalized spacial score (nSPS) is 12.6. The van der Waals surface area contributed by atoms with Gasteiger partial charge in [-0.1, -0.05) is 109 Å². The second-order valence-electron chi connectivity index (χ2n) is 13.7. The fourth-order valence-corrected chi connectivity index (χ4v) is 8.57. The van der Waals surface area contributed by atoms with E-state index in [9.17, 15) is 0 Å². The number of hydrogen-bond acceptors (Lipinski definition) is 3. The molecule has 244 valence electrons. The third kappa shape index (κ3) is 4.17. The van der Waals surface area contributed by atoms with E-state index < -0.39 is 0 Å². The van der Waals surface area contributed by atoms with Crippen LogP contribution < -0.4 is 30.8 Å². The van der Waals surface area contributed by atoms with Gasteiger partial charge in [-0.05, 0) is 89.5 Å². The van der Waals surface area contributed by atoms with E-state index in [-0.39, 0.29) is 6.71 Å². The zero-order chi connectivity index (χ0) is 34.3.